The molecule has 0 aromatic carbocycles. The highest BCUT2D eigenvalue weighted by Crippen LogP contribution is 1.95. The highest BCUT2D eigenvalue weighted by molar-refractivity contribution is 5.56. The van der Waals surface area contributed by atoms with E-state index in [0.29, 0.717) is 0 Å². The Morgan fingerprint density at radius 2 is 1.70 bits per heavy atom. The summed E-state index contributed by atoms with van der Waals surface area (Å²) in [5, 5.41) is 6.18. The molecule has 1 fully saturated rings. The van der Waals surface area contributed by atoms with Crippen molar-refractivity contribution < 1.29 is 4.79 Å². The van der Waals surface area contributed by atoms with E-state index >= 15 is 0 Å². The summed E-state index contributed by atoms with van der Waals surface area (Å²) in [5.41, 5.74) is 0. The molecule has 0 aromatic heterocycles. The molecule has 0 spiro atoms. The van der Waals surface area contributed by atoms with Crippen molar-refractivity contribution in [1.82, 2.24) is 10.6 Å². The van der Waals surface area contributed by atoms with Gasteiger partial charge in [0.2, 0.25) is 0 Å². The van der Waals surface area contributed by atoms with Crippen molar-refractivity contribution in [3.05, 3.63) is 0 Å². The molecule has 0 aromatic rings. The summed E-state index contributed by atoms with van der Waals surface area (Å²) < 4.78 is 0. The van der Waals surface area contributed by atoms with Crippen LogP contribution in [0.5, 0.6) is 0 Å². The second-order valence-corrected chi connectivity index (χ2v) is 2.58. The van der Waals surface area contributed by atoms with Gasteiger partial charge in [-0.3, -0.25) is 10.6 Å². The fraction of sp³-hybridized carbons (Fsp3) is 0.857. The van der Waals surface area contributed by atoms with Gasteiger partial charge in [-0.1, -0.05) is 6.42 Å². The highest BCUT2D eigenvalue weighted by atomic mass is 16.1. The fourth-order valence-electron chi connectivity index (χ4n) is 1.11. The molecule has 0 aliphatic carbocycles. The maximum Gasteiger partial charge on any atom is 0.151 e. The minimum Gasteiger partial charge on any atom is -0.300 e. The normalized spacial score (nSPS) is 23.2. The predicted octanol–water partition coefficient (Wildman–Crippen LogP) is -0.126. The Hall–Kier alpha value is -0.410. The van der Waals surface area contributed by atoms with Crippen LogP contribution >= 0.6 is 0 Å². The summed E-state index contributed by atoms with van der Waals surface area (Å²) >= 11 is 0. The molecule has 58 valence electrons. The van der Waals surface area contributed by atoms with Gasteiger partial charge in [0.05, 0.1) is 0 Å². The third kappa shape index (κ3) is 2.45. The number of carbonyl (C=O) groups is 1. The molecule has 0 amide bonds. The van der Waals surface area contributed by atoms with E-state index in [2.05, 4.69) is 10.6 Å². The SMILES string of the molecule is O=CC1NCCCCCN1. The predicted molar refractivity (Wildman–Crippen MR) is 39.7 cm³/mol. The van der Waals surface area contributed by atoms with Crippen LogP contribution in [0, 0.1) is 0 Å². The van der Waals surface area contributed by atoms with E-state index < -0.39 is 0 Å². The Kier molecular flexibility index (Phi) is 3.40. The van der Waals surface area contributed by atoms with Crippen molar-refractivity contribution in [2.75, 3.05) is 13.1 Å². The molecular weight excluding hydrogens is 128 g/mol. The zero-order chi connectivity index (χ0) is 7.23. The summed E-state index contributed by atoms with van der Waals surface area (Å²) in [5.74, 6) is 0. The maximum absolute atomic E-state index is 10.3. The first kappa shape index (κ1) is 7.69. The second kappa shape index (κ2) is 4.41. The van der Waals surface area contributed by atoms with Crippen LogP contribution in [0.2, 0.25) is 0 Å². The maximum atomic E-state index is 10.3. The van der Waals surface area contributed by atoms with Crippen LogP contribution in [-0.2, 0) is 4.79 Å². The van der Waals surface area contributed by atoms with Crippen molar-refractivity contribution in [3.8, 4) is 0 Å². The largest absolute Gasteiger partial charge is 0.300 e. The Labute approximate surface area is 61.2 Å². The molecule has 0 unspecified atom stereocenters. The lowest BCUT2D eigenvalue weighted by molar-refractivity contribution is -0.110. The van der Waals surface area contributed by atoms with Crippen LogP contribution in [0.4, 0.5) is 0 Å². The lowest BCUT2D eigenvalue weighted by Gasteiger charge is -2.17. The van der Waals surface area contributed by atoms with Crippen molar-refractivity contribution in [1.29, 1.82) is 0 Å². The quantitative estimate of drug-likeness (QED) is 0.501. The lowest BCUT2D eigenvalue weighted by atomic mass is 10.2. The molecular formula is C7H14N2O. The first-order valence-electron chi connectivity index (χ1n) is 3.85. The molecule has 1 heterocycles. The van der Waals surface area contributed by atoms with Gasteiger partial charge in [0.1, 0.15) is 6.17 Å². The van der Waals surface area contributed by atoms with Crippen molar-refractivity contribution in [2.24, 2.45) is 0 Å². The molecule has 0 bridgehead atoms. The molecule has 1 rings (SSSR count). The summed E-state index contributed by atoms with van der Waals surface area (Å²) in [6.45, 7) is 1.91. The van der Waals surface area contributed by atoms with Crippen LogP contribution in [-0.4, -0.2) is 25.5 Å². The summed E-state index contributed by atoms with van der Waals surface area (Å²) in [6.07, 6.45) is 4.44. The van der Waals surface area contributed by atoms with Crippen LogP contribution in [0.1, 0.15) is 19.3 Å². The number of rotatable bonds is 1. The van der Waals surface area contributed by atoms with Crippen LogP contribution < -0.4 is 10.6 Å². The molecule has 3 heteroatoms. The molecule has 1 aliphatic rings. The summed E-state index contributed by atoms with van der Waals surface area (Å²) in [4.78, 5) is 10.3. The Bertz CT molecular complexity index is 97.8. The van der Waals surface area contributed by atoms with E-state index in [1.165, 1.54) is 19.3 Å². The lowest BCUT2D eigenvalue weighted by Crippen LogP contribution is -2.45. The third-order valence-electron chi connectivity index (χ3n) is 1.72. The molecule has 1 aliphatic heterocycles. The van der Waals surface area contributed by atoms with Crippen LogP contribution in [0.15, 0.2) is 0 Å². The number of aldehydes is 1. The number of hydrogen-bond donors (Lipinski definition) is 2. The Balaban J connectivity index is 2.22. The van der Waals surface area contributed by atoms with E-state index in [0.717, 1.165) is 19.4 Å². The highest BCUT2D eigenvalue weighted by Gasteiger charge is 2.05. The van der Waals surface area contributed by atoms with E-state index in [1.54, 1.807) is 0 Å². The van der Waals surface area contributed by atoms with Crippen LogP contribution in [0.25, 0.3) is 0 Å². The van der Waals surface area contributed by atoms with Gasteiger partial charge in [0.15, 0.2) is 6.29 Å². The zero-order valence-electron chi connectivity index (χ0n) is 6.10. The van der Waals surface area contributed by atoms with E-state index in [1.807, 2.05) is 0 Å². The molecule has 3 nitrogen and oxygen atoms in total. The van der Waals surface area contributed by atoms with E-state index in [9.17, 15) is 4.79 Å². The van der Waals surface area contributed by atoms with Crippen LogP contribution in [0.3, 0.4) is 0 Å². The first-order chi connectivity index (χ1) is 4.93. The standard InChI is InChI=1S/C7H14N2O/c10-6-7-8-4-2-1-3-5-9-7/h6-9H,1-5H2. The minimum atomic E-state index is -0.111. The summed E-state index contributed by atoms with van der Waals surface area (Å²) in [7, 11) is 0. The smallest absolute Gasteiger partial charge is 0.151 e. The monoisotopic (exact) mass is 142 g/mol. The number of carbonyl (C=O) groups excluding carboxylic acids is 1. The molecule has 0 saturated carbocycles. The zero-order valence-corrected chi connectivity index (χ0v) is 6.10. The van der Waals surface area contributed by atoms with Gasteiger partial charge in [0.25, 0.3) is 0 Å². The molecule has 1 saturated heterocycles. The second-order valence-electron chi connectivity index (χ2n) is 2.58. The van der Waals surface area contributed by atoms with E-state index in [4.69, 9.17) is 0 Å². The average Bonchev–Trinajstić information content (AvgIpc) is 1.87. The number of hydrogen-bond acceptors (Lipinski definition) is 3. The number of nitrogens with one attached hydrogen (secondary N) is 2. The topological polar surface area (TPSA) is 41.1 Å². The van der Waals surface area contributed by atoms with Crippen molar-refractivity contribution in [2.45, 2.75) is 25.4 Å². The van der Waals surface area contributed by atoms with Gasteiger partial charge in [-0.2, -0.15) is 0 Å². The summed E-state index contributed by atoms with van der Waals surface area (Å²) in [6, 6.07) is 0. The Morgan fingerprint density at radius 3 is 2.20 bits per heavy atom. The average molecular weight is 142 g/mol. The molecule has 0 atom stereocenters. The van der Waals surface area contributed by atoms with Crippen molar-refractivity contribution in [3.63, 3.8) is 0 Å². The van der Waals surface area contributed by atoms with Crippen molar-refractivity contribution >= 4 is 6.29 Å². The van der Waals surface area contributed by atoms with Gasteiger partial charge in [-0.25, -0.2) is 0 Å². The van der Waals surface area contributed by atoms with Gasteiger partial charge < -0.3 is 4.79 Å². The van der Waals surface area contributed by atoms with Gasteiger partial charge >= 0.3 is 0 Å². The Morgan fingerprint density at radius 1 is 1.10 bits per heavy atom. The van der Waals surface area contributed by atoms with Gasteiger partial charge in [-0.15, -0.1) is 0 Å². The minimum absolute atomic E-state index is 0.111. The molecule has 10 heavy (non-hydrogen) atoms. The molecule has 2 N–H and O–H groups in total. The fourth-order valence-corrected chi connectivity index (χ4v) is 1.11. The third-order valence-corrected chi connectivity index (χ3v) is 1.72. The van der Waals surface area contributed by atoms with Gasteiger partial charge in [0, 0.05) is 0 Å². The van der Waals surface area contributed by atoms with E-state index in [-0.39, 0.29) is 6.17 Å². The first-order valence-corrected chi connectivity index (χ1v) is 3.85. The van der Waals surface area contributed by atoms with Gasteiger partial charge in [-0.05, 0) is 25.9 Å². The molecule has 0 radical (unpaired) electrons.